The van der Waals surface area contributed by atoms with Gasteiger partial charge in [0.1, 0.15) is 0 Å². The summed E-state index contributed by atoms with van der Waals surface area (Å²) >= 11 is 5.93. The Kier molecular flexibility index (Phi) is 5.34. The van der Waals surface area contributed by atoms with Gasteiger partial charge in [0.15, 0.2) is 0 Å². The van der Waals surface area contributed by atoms with Crippen LogP contribution in [0.4, 0.5) is 0 Å². The van der Waals surface area contributed by atoms with Crippen molar-refractivity contribution in [3.63, 3.8) is 0 Å². The van der Waals surface area contributed by atoms with Crippen LogP contribution in [0.5, 0.6) is 0 Å². The van der Waals surface area contributed by atoms with E-state index in [2.05, 4.69) is 10.2 Å². The lowest BCUT2D eigenvalue weighted by atomic mass is 10.0. The molecule has 0 aromatic heterocycles. The molecular formula is C17H23ClN2O2. The Hall–Kier alpha value is -1.10. The Labute approximate surface area is 136 Å². The fourth-order valence-corrected chi connectivity index (χ4v) is 3.44. The predicted octanol–water partition coefficient (Wildman–Crippen LogP) is 2.57. The molecule has 0 aliphatic carbocycles. The third kappa shape index (κ3) is 4.22. The monoisotopic (exact) mass is 322 g/mol. The maximum Gasteiger partial charge on any atom is 0.251 e. The van der Waals surface area contributed by atoms with E-state index in [1.807, 2.05) is 6.07 Å². The molecule has 4 nitrogen and oxygen atoms in total. The molecule has 0 radical (unpaired) electrons. The minimum atomic E-state index is -0.0230. The Balaban J connectivity index is 1.44. The normalized spacial score (nSPS) is 23.6. The van der Waals surface area contributed by atoms with Crippen molar-refractivity contribution in [3.05, 3.63) is 34.9 Å². The third-order valence-corrected chi connectivity index (χ3v) is 4.79. The molecule has 1 N–H and O–H groups in total. The van der Waals surface area contributed by atoms with Crippen LogP contribution < -0.4 is 5.32 Å². The maximum atomic E-state index is 12.2. The Morgan fingerprint density at radius 3 is 2.82 bits per heavy atom. The van der Waals surface area contributed by atoms with Crippen LogP contribution in [0.3, 0.4) is 0 Å². The summed E-state index contributed by atoms with van der Waals surface area (Å²) in [5.41, 5.74) is 0.637. The number of ether oxygens (including phenoxy) is 1. The van der Waals surface area contributed by atoms with Gasteiger partial charge in [-0.25, -0.2) is 0 Å². The molecule has 0 bridgehead atoms. The quantitative estimate of drug-likeness (QED) is 0.926. The van der Waals surface area contributed by atoms with E-state index >= 15 is 0 Å². The van der Waals surface area contributed by atoms with Crippen molar-refractivity contribution < 1.29 is 9.53 Å². The van der Waals surface area contributed by atoms with Crippen LogP contribution in [-0.2, 0) is 4.74 Å². The molecule has 5 heteroatoms. The number of carbonyl (C=O) groups excluding carboxylic acids is 1. The van der Waals surface area contributed by atoms with Crippen molar-refractivity contribution in [1.29, 1.82) is 0 Å². The molecule has 1 unspecified atom stereocenters. The van der Waals surface area contributed by atoms with Crippen molar-refractivity contribution in [2.75, 3.05) is 32.8 Å². The highest BCUT2D eigenvalue weighted by Crippen LogP contribution is 2.18. The van der Waals surface area contributed by atoms with Crippen LogP contribution in [0.25, 0.3) is 0 Å². The third-order valence-electron chi connectivity index (χ3n) is 4.55. The number of amides is 1. The fraction of sp³-hybridized carbons (Fsp3) is 0.588. The van der Waals surface area contributed by atoms with Crippen LogP contribution in [0, 0.1) is 5.92 Å². The maximum absolute atomic E-state index is 12.2. The van der Waals surface area contributed by atoms with E-state index in [1.54, 1.807) is 18.2 Å². The number of carbonyl (C=O) groups is 1. The average molecular weight is 323 g/mol. The van der Waals surface area contributed by atoms with E-state index in [-0.39, 0.29) is 11.9 Å². The number of likely N-dealkylation sites (tertiary alicyclic amines) is 1. The number of rotatable bonds is 4. The molecular weight excluding hydrogens is 300 g/mol. The molecule has 22 heavy (non-hydrogen) atoms. The molecule has 0 spiro atoms. The minimum absolute atomic E-state index is 0.0230. The number of benzene rings is 1. The molecule has 2 fully saturated rings. The van der Waals surface area contributed by atoms with Gasteiger partial charge in [-0.2, -0.15) is 0 Å². The van der Waals surface area contributed by atoms with Gasteiger partial charge in [0.25, 0.3) is 5.91 Å². The van der Waals surface area contributed by atoms with Crippen LogP contribution in [0.1, 0.15) is 29.6 Å². The minimum Gasteiger partial charge on any atom is -0.381 e. The van der Waals surface area contributed by atoms with Crippen molar-refractivity contribution in [2.24, 2.45) is 5.92 Å². The second-order valence-electron chi connectivity index (χ2n) is 6.29. The molecule has 1 amide bonds. The second-order valence-corrected chi connectivity index (χ2v) is 6.72. The standard InChI is InChI=1S/C17H23ClN2O2/c18-15-3-1-2-14(10-15)17(21)19-16-4-7-20(8-5-16)11-13-6-9-22-12-13/h1-3,10,13,16H,4-9,11-12H2,(H,19,21). The number of nitrogens with zero attached hydrogens (tertiary/aromatic N) is 1. The molecule has 2 aliphatic heterocycles. The lowest BCUT2D eigenvalue weighted by Crippen LogP contribution is -2.45. The van der Waals surface area contributed by atoms with E-state index in [9.17, 15) is 4.79 Å². The SMILES string of the molecule is O=C(NC1CCN(CC2CCOC2)CC1)c1cccc(Cl)c1. The summed E-state index contributed by atoms with van der Waals surface area (Å²) < 4.78 is 5.44. The molecule has 2 aliphatic rings. The summed E-state index contributed by atoms with van der Waals surface area (Å²) in [6, 6.07) is 7.37. The van der Waals surface area contributed by atoms with Crippen LogP contribution >= 0.6 is 11.6 Å². The Morgan fingerprint density at radius 1 is 1.32 bits per heavy atom. The first-order valence-electron chi connectivity index (χ1n) is 8.07. The van der Waals surface area contributed by atoms with Gasteiger partial charge >= 0.3 is 0 Å². The van der Waals surface area contributed by atoms with Crippen LogP contribution in [0.15, 0.2) is 24.3 Å². The molecule has 3 rings (SSSR count). The van der Waals surface area contributed by atoms with Gasteiger partial charge in [0.2, 0.25) is 0 Å². The van der Waals surface area contributed by atoms with E-state index in [0.717, 1.165) is 45.7 Å². The summed E-state index contributed by atoms with van der Waals surface area (Å²) in [6.07, 6.45) is 3.21. The average Bonchev–Trinajstić information content (AvgIpc) is 3.02. The largest absolute Gasteiger partial charge is 0.381 e. The van der Waals surface area contributed by atoms with E-state index < -0.39 is 0 Å². The Bertz CT molecular complexity index is 509. The predicted molar refractivity (Wildman–Crippen MR) is 87.3 cm³/mol. The first-order valence-corrected chi connectivity index (χ1v) is 8.45. The van der Waals surface area contributed by atoms with E-state index in [4.69, 9.17) is 16.3 Å². The molecule has 0 saturated carbocycles. The van der Waals surface area contributed by atoms with Gasteiger partial charge in [-0.15, -0.1) is 0 Å². The zero-order valence-corrected chi connectivity index (χ0v) is 13.5. The van der Waals surface area contributed by atoms with E-state index in [1.165, 1.54) is 6.42 Å². The highest BCUT2D eigenvalue weighted by Gasteiger charge is 2.24. The van der Waals surface area contributed by atoms with Crippen molar-refractivity contribution >= 4 is 17.5 Å². The Morgan fingerprint density at radius 2 is 2.14 bits per heavy atom. The molecule has 120 valence electrons. The van der Waals surface area contributed by atoms with Crippen LogP contribution in [0.2, 0.25) is 5.02 Å². The molecule has 1 atom stereocenters. The lowest BCUT2D eigenvalue weighted by Gasteiger charge is -2.33. The summed E-state index contributed by atoms with van der Waals surface area (Å²) in [5, 5.41) is 3.73. The lowest BCUT2D eigenvalue weighted by molar-refractivity contribution is 0.0903. The van der Waals surface area contributed by atoms with Gasteiger partial charge in [0, 0.05) is 42.9 Å². The van der Waals surface area contributed by atoms with Crippen molar-refractivity contribution in [2.45, 2.75) is 25.3 Å². The molecule has 1 aromatic rings. The summed E-state index contributed by atoms with van der Waals surface area (Å²) in [4.78, 5) is 14.7. The van der Waals surface area contributed by atoms with Gasteiger partial charge in [0.05, 0.1) is 6.61 Å². The molecule has 2 heterocycles. The highest BCUT2D eigenvalue weighted by molar-refractivity contribution is 6.30. The molecule has 1 aromatic carbocycles. The fourth-order valence-electron chi connectivity index (χ4n) is 3.25. The number of piperidine rings is 1. The first kappa shape index (κ1) is 15.8. The number of hydrogen-bond donors (Lipinski definition) is 1. The highest BCUT2D eigenvalue weighted by atomic mass is 35.5. The smallest absolute Gasteiger partial charge is 0.251 e. The first-order chi connectivity index (χ1) is 10.7. The van der Waals surface area contributed by atoms with E-state index in [0.29, 0.717) is 16.5 Å². The number of nitrogens with one attached hydrogen (secondary N) is 1. The summed E-state index contributed by atoms with van der Waals surface area (Å²) in [7, 11) is 0. The van der Waals surface area contributed by atoms with Crippen molar-refractivity contribution in [1.82, 2.24) is 10.2 Å². The topological polar surface area (TPSA) is 41.6 Å². The summed E-state index contributed by atoms with van der Waals surface area (Å²) in [6.45, 7) is 5.06. The summed E-state index contributed by atoms with van der Waals surface area (Å²) in [5.74, 6) is 0.669. The van der Waals surface area contributed by atoms with Gasteiger partial charge < -0.3 is 15.0 Å². The van der Waals surface area contributed by atoms with Gasteiger partial charge in [-0.1, -0.05) is 17.7 Å². The zero-order valence-electron chi connectivity index (χ0n) is 12.8. The van der Waals surface area contributed by atoms with Crippen molar-refractivity contribution in [3.8, 4) is 0 Å². The number of halogens is 1. The van der Waals surface area contributed by atoms with Gasteiger partial charge in [-0.05, 0) is 43.4 Å². The zero-order chi connectivity index (χ0) is 15.4. The second kappa shape index (κ2) is 7.44. The number of hydrogen-bond acceptors (Lipinski definition) is 3. The van der Waals surface area contributed by atoms with Gasteiger partial charge in [-0.3, -0.25) is 4.79 Å². The van der Waals surface area contributed by atoms with Crippen LogP contribution in [-0.4, -0.2) is 49.7 Å². The molecule has 2 saturated heterocycles.